The molecule has 1 saturated carbocycles. The summed E-state index contributed by atoms with van der Waals surface area (Å²) >= 11 is 0. The van der Waals surface area contributed by atoms with Gasteiger partial charge in [-0.3, -0.25) is 0 Å². The number of ether oxygens (including phenoxy) is 1. The van der Waals surface area contributed by atoms with E-state index in [0.29, 0.717) is 12.3 Å². The normalized spacial score (nSPS) is 16.0. The highest BCUT2D eigenvalue weighted by Crippen LogP contribution is 2.33. The smallest absolute Gasteiger partial charge is 0.373 e. The van der Waals surface area contributed by atoms with Crippen molar-refractivity contribution in [1.29, 1.82) is 0 Å². The molecule has 7 nitrogen and oxygen atoms in total. The van der Waals surface area contributed by atoms with Crippen molar-refractivity contribution in [2.75, 3.05) is 13.7 Å². The lowest BCUT2D eigenvalue weighted by atomic mass is 10.2. The molecular weight excluding hydrogens is 332 g/mol. The van der Waals surface area contributed by atoms with Gasteiger partial charge in [0.1, 0.15) is 10.7 Å². The number of rotatable bonds is 7. The molecule has 9 heteroatoms. The van der Waals surface area contributed by atoms with Gasteiger partial charge in [0.2, 0.25) is 15.8 Å². The van der Waals surface area contributed by atoms with Gasteiger partial charge >= 0.3 is 5.97 Å². The summed E-state index contributed by atoms with van der Waals surface area (Å²) < 4.78 is 37.3. The first-order valence-electron chi connectivity index (χ1n) is 6.86. The van der Waals surface area contributed by atoms with Gasteiger partial charge in [-0.15, -0.1) is 12.4 Å². The number of carbonyl (C=O) groups is 1. The van der Waals surface area contributed by atoms with Crippen LogP contribution in [0.25, 0.3) is 0 Å². The highest BCUT2D eigenvalue weighted by Gasteiger charge is 2.35. The predicted molar refractivity (Wildman–Crippen MR) is 82.6 cm³/mol. The molecule has 2 rings (SSSR count). The van der Waals surface area contributed by atoms with Crippen LogP contribution in [-0.4, -0.2) is 34.1 Å². The van der Waals surface area contributed by atoms with Crippen LogP contribution in [0.1, 0.15) is 36.1 Å². The lowest BCUT2D eigenvalue weighted by Crippen LogP contribution is -2.41. The van der Waals surface area contributed by atoms with Crippen molar-refractivity contribution in [3.05, 3.63) is 17.6 Å². The number of furan rings is 1. The molecule has 1 aliphatic carbocycles. The van der Waals surface area contributed by atoms with E-state index >= 15 is 0 Å². The number of halogens is 1. The molecule has 126 valence electrons. The molecule has 0 radical (unpaired) electrons. The molecule has 0 aromatic carbocycles. The Hall–Kier alpha value is -1.09. The van der Waals surface area contributed by atoms with Crippen molar-refractivity contribution >= 4 is 28.4 Å². The van der Waals surface area contributed by atoms with Crippen molar-refractivity contribution in [3.63, 3.8) is 0 Å². The first-order valence-corrected chi connectivity index (χ1v) is 8.34. The number of esters is 1. The standard InChI is InChI=1S/C13H20N2O5S.ClH/c1-3-10-12(6-11(20-10)13(16)19-2)21(17,18)15-9(7-14)8-4-5-8;/h6,8-9,15H,3-5,7,14H2,1-2H3;1H. The Morgan fingerprint density at radius 1 is 1.55 bits per heavy atom. The zero-order valence-electron chi connectivity index (χ0n) is 12.5. The van der Waals surface area contributed by atoms with Gasteiger partial charge in [0, 0.05) is 25.1 Å². The molecule has 1 atom stereocenters. The van der Waals surface area contributed by atoms with Gasteiger partial charge in [-0.1, -0.05) is 6.92 Å². The van der Waals surface area contributed by atoms with Gasteiger partial charge in [-0.25, -0.2) is 17.9 Å². The van der Waals surface area contributed by atoms with E-state index in [1.807, 2.05) is 0 Å². The summed E-state index contributed by atoms with van der Waals surface area (Å²) in [6.45, 7) is 1.99. The van der Waals surface area contributed by atoms with Gasteiger partial charge in [0.15, 0.2) is 0 Å². The first-order chi connectivity index (χ1) is 9.92. The third-order valence-electron chi connectivity index (χ3n) is 3.52. The summed E-state index contributed by atoms with van der Waals surface area (Å²) in [6, 6.07) is 0.921. The molecule has 1 unspecified atom stereocenters. The molecule has 0 amide bonds. The maximum absolute atomic E-state index is 12.5. The maximum Gasteiger partial charge on any atom is 0.373 e. The minimum Gasteiger partial charge on any atom is -0.463 e. The number of nitrogens with two attached hydrogens (primary N) is 1. The molecule has 1 aromatic heterocycles. The average molecular weight is 353 g/mol. The zero-order chi connectivity index (χ0) is 15.6. The number of hydrogen-bond acceptors (Lipinski definition) is 6. The fourth-order valence-corrected chi connectivity index (χ4v) is 3.75. The zero-order valence-corrected chi connectivity index (χ0v) is 14.1. The van der Waals surface area contributed by atoms with E-state index in [1.165, 1.54) is 13.2 Å². The largest absolute Gasteiger partial charge is 0.463 e. The van der Waals surface area contributed by atoms with Crippen molar-refractivity contribution in [2.45, 2.75) is 37.1 Å². The van der Waals surface area contributed by atoms with Crippen LogP contribution in [0.5, 0.6) is 0 Å². The van der Waals surface area contributed by atoms with Gasteiger partial charge in [-0.2, -0.15) is 0 Å². The van der Waals surface area contributed by atoms with Crippen molar-refractivity contribution < 1.29 is 22.4 Å². The number of methoxy groups -OCH3 is 1. The van der Waals surface area contributed by atoms with Gasteiger partial charge in [0.25, 0.3) is 0 Å². The Labute approximate surface area is 136 Å². The first kappa shape index (κ1) is 19.0. The Morgan fingerprint density at radius 3 is 2.64 bits per heavy atom. The molecule has 0 spiro atoms. The minimum absolute atomic E-state index is 0. The topological polar surface area (TPSA) is 112 Å². The van der Waals surface area contributed by atoms with Crippen LogP contribution < -0.4 is 10.5 Å². The van der Waals surface area contributed by atoms with E-state index in [0.717, 1.165) is 12.8 Å². The summed E-state index contributed by atoms with van der Waals surface area (Å²) in [7, 11) is -2.56. The van der Waals surface area contributed by atoms with E-state index in [2.05, 4.69) is 9.46 Å². The van der Waals surface area contributed by atoms with Gasteiger partial charge in [-0.05, 0) is 18.8 Å². The average Bonchev–Trinajstić information content (AvgIpc) is 3.21. The highest BCUT2D eigenvalue weighted by atomic mass is 35.5. The molecule has 22 heavy (non-hydrogen) atoms. The van der Waals surface area contributed by atoms with Crippen LogP contribution >= 0.6 is 12.4 Å². The number of aryl methyl sites for hydroxylation is 1. The fraction of sp³-hybridized carbons (Fsp3) is 0.615. The third kappa shape index (κ3) is 4.01. The molecule has 1 fully saturated rings. The van der Waals surface area contributed by atoms with E-state index in [9.17, 15) is 13.2 Å². The molecule has 3 N–H and O–H groups in total. The monoisotopic (exact) mass is 352 g/mol. The quantitative estimate of drug-likeness (QED) is 0.710. The summed E-state index contributed by atoms with van der Waals surface area (Å²) in [5, 5.41) is 0. The second kappa shape index (κ2) is 7.45. The number of carbonyl (C=O) groups excluding carboxylic acids is 1. The van der Waals surface area contributed by atoms with Crippen molar-refractivity contribution in [2.24, 2.45) is 11.7 Å². The summed E-state index contributed by atoms with van der Waals surface area (Å²) in [5.74, 6) is -0.300. The molecule has 1 aliphatic rings. The van der Waals surface area contributed by atoms with Crippen LogP contribution in [0.4, 0.5) is 0 Å². The van der Waals surface area contributed by atoms with E-state index in [-0.39, 0.29) is 41.4 Å². The molecule has 0 saturated heterocycles. The van der Waals surface area contributed by atoms with Crippen molar-refractivity contribution in [1.82, 2.24) is 4.72 Å². The van der Waals surface area contributed by atoms with E-state index < -0.39 is 16.0 Å². The third-order valence-corrected chi connectivity index (χ3v) is 5.06. The Bertz CT molecular complexity index is 624. The lowest BCUT2D eigenvalue weighted by Gasteiger charge is -2.15. The summed E-state index contributed by atoms with van der Waals surface area (Å²) in [6.07, 6.45) is 2.30. The van der Waals surface area contributed by atoms with Crippen LogP contribution in [0.15, 0.2) is 15.4 Å². The fourth-order valence-electron chi connectivity index (χ4n) is 2.19. The number of nitrogens with one attached hydrogen (secondary N) is 1. The highest BCUT2D eigenvalue weighted by molar-refractivity contribution is 7.89. The van der Waals surface area contributed by atoms with E-state index in [1.54, 1.807) is 6.92 Å². The molecule has 1 aromatic rings. The predicted octanol–water partition coefficient (Wildman–Crippen LogP) is 1.07. The lowest BCUT2D eigenvalue weighted by molar-refractivity contribution is 0.0563. The Kier molecular flexibility index (Phi) is 6.42. The second-order valence-electron chi connectivity index (χ2n) is 5.04. The van der Waals surface area contributed by atoms with Crippen LogP contribution in [-0.2, 0) is 21.2 Å². The minimum atomic E-state index is -3.77. The number of sulfonamides is 1. The molecule has 1 heterocycles. The van der Waals surface area contributed by atoms with E-state index in [4.69, 9.17) is 10.2 Å². The summed E-state index contributed by atoms with van der Waals surface area (Å²) in [4.78, 5) is 11.4. The molecular formula is C13H21ClN2O5S. The maximum atomic E-state index is 12.5. The summed E-state index contributed by atoms with van der Waals surface area (Å²) in [5.41, 5.74) is 5.62. The van der Waals surface area contributed by atoms with Crippen LogP contribution in [0.3, 0.4) is 0 Å². The van der Waals surface area contributed by atoms with Crippen LogP contribution in [0.2, 0.25) is 0 Å². The van der Waals surface area contributed by atoms with Crippen LogP contribution in [0, 0.1) is 5.92 Å². The Morgan fingerprint density at radius 2 is 2.18 bits per heavy atom. The number of hydrogen-bond donors (Lipinski definition) is 2. The van der Waals surface area contributed by atoms with Gasteiger partial charge in [0.05, 0.1) is 7.11 Å². The van der Waals surface area contributed by atoms with Crippen molar-refractivity contribution in [3.8, 4) is 0 Å². The van der Waals surface area contributed by atoms with Gasteiger partial charge < -0.3 is 14.9 Å². The SMILES string of the molecule is CCc1oc(C(=O)OC)cc1S(=O)(=O)NC(CN)C1CC1.Cl. The molecule has 0 aliphatic heterocycles. The molecule has 0 bridgehead atoms. The second-order valence-corrected chi connectivity index (χ2v) is 6.73. The Balaban J connectivity index is 0.00000242.